The highest BCUT2D eigenvalue weighted by atomic mass is 19.1. The maximum atomic E-state index is 13.0. The van der Waals surface area contributed by atoms with Crippen molar-refractivity contribution >= 4 is 5.97 Å². The summed E-state index contributed by atoms with van der Waals surface area (Å²) < 4.78 is 19.6. The summed E-state index contributed by atoms with van der Waals surface area (Å²) in [7, 11) is 1.55. The summed E-state index contributed by atoms with van der Waals surface area (Å²) in [5.74, 6) is -0.835. The zero-order chi connectivity index (χ0) is 17.1. The lowest BCUT2D eigenvalue weighted by atomic mass is 10.1. The molecule has 0 spiro atoms. The zero-order valence-electron chi connectivity index (χ0n) is 12.8. The van der Waals surface area contributed by atoms with Crippen LogP contribution in [0.25, 0.3) is 11.3 Å². The van der Waals surface area contributed by atoms with Gasteiger partial charge in [0, 0.05) is 5.56 Å². The molecule has 1 aromatic heterocycles. The molecule has 0 amide bonds. The van der Waals surface area contributed by atoms with E-state index in [0.29, 0.717) is 17.0 Å². The van der Waals surface area contributed by atoms with Crippen LogP contribution in [0, 0.1) is 5.82 Å². The number of aromatic nitrogens is 3. The standard InChI is InChI=1S/C17H14FN3O3/c1-24-14-8-4-12(5-9-14)16-15(17(22)23)19-20-21(16)10-11-2-6-13(18)7-3-11/h2-9H,10H2,1H3,(H,22,23). The van der Waals surface area contributed by atoms with E-state index >= 15 is 0 Å². The summed E-state index contributed by atoms with van der Waals surface area (Å²) in [4.78, 5) is 11.4. The molecule has 0 unspecified atom stereocenters. The van der Waals surface area contributed by atoms with Gasteiger partial charge in [-0.2, -0.15) is 0 Å². The molecule has 0 fully saturated rings. The number of carbonyl (C=O) groups is 1. The van der Waals surface area contributed by atoms with Crippen LogP contribution in [0.2, 0.25) is 0 Å². The molecule has 3 aromatic rings. The van der Waals surface area contributed by atoms with E-state index in [0.717, 1.165) is 5.56 Å². The van der Waals surface area contributed by atoms with E-state index in [1.165, 1.54) is 16.8 Å². The predicted octanol–water partition coefficient (Wildman–Crippen LogP) is 2.84. The van der Waals surface area contributed by atoms with E-state index in [1.54, 1.807) is 43.5 Å². The first-order valence-electron chi connectivity index (χ1n) is 7.14. The zero-order valence-corrected chi connectivity index (χ0v) is 12.8. The average molecular weight is 327 g/mol. The van der Waals surface area contributed by atoms with E-state index in [1.807, 2.05) is 0 Å². The van der Waals surface area contributed by atoms with Gasteiger partial charge in [-0.05, 0) is 42.0 Å². The highest BCUT2D eigenvalue weighted by Crippen LogP contribution is 2.25. The monoisotopic (exact) mass is 327 g/mol. The van der Waals surface area contributed by atoms with Gasteiger partial charge in [-0.25, -0.2) is 13.9 Å². The summed E-state index contributed by atoms with van der Waals surface area (Å²) in [6.45, 7) is 0.280. The largest absolute Gasteiger partial charge is 0.497 e. The Morgan fingerprint density at radius 1 is 1.17 bits per heavy atom. The van der Waals surface area contributed by atoms with E-state index in [-0.39, 0.29) is 18.1 Å². The fourth-order valence-electron chi connectivity index (χ4n) is 2.37. The number of carboxylic acids is 1. The van der Waals surface area contributed by atoms with Crippen molar-refractivity contribution in [3.63, 3.8) is 0 Å². The Bertz CT molecular complexity index is 858. The van der Waals surface area contributed by atoms with E-state index in [2.05, 4.69) is 10.3 Å². The molecular weight excluding hydrogens is 313 g/mol. The Morgan fingerprint density at radius 2 is 1.83 bits per heavy atom. The van der Waals surface area contributed by atoms with Gasteiger partial charge in [-0.15, -0.1) is 5.10 Å². The van der Waals surface area contributed by atoms with Crippen molar-refractivity contribution in [1.82, 2.24) is 15.0 Å². The number of rotatable bonds is 5. The molecule has 0 aliphatic heterocycles. The Kier molecular flexibility index (Phi) is 4.24. The summed E-state index contributed by atoms with van der Waals surface area (Å²) in [5.41, 5.74) is 1.69. The maximum absolute atomic E-state index is 13.0. The van der Waals surface area contributed by atoms with Crippen molar-refractivity contribution in [2.75, 3.05) is 7.11 Å². The fourth-order valence-corrected chi connectivity index (χ4v) is 2.37. The van der Waals surface area contributed by atoms with Crippen LogP contribution in [0.1, 0.15) is 16.1 Å². The first-order valence-corrected chi connectivity index (χ1v) is 7.14. The number of aromatic carboxylic acids is 1. The SMILES string of the molecule is COc1ccc(-c2c(C(=O)O)nnn2Cc2ccc(F)cc2)cc1. The smallest absolute Gasteiger partial charge is 0.358 e. The summed E-state index contributed by atoms with van der Waals surface area (Å²) in [6.07, 6.45) is 0. The Morgan fingerprint density at radius 3 is 2.42 bits per heavy atom. The minimum atomic E-state index is -1.16. The van der Waals surface area contributed by atoms with Crippen LogP contribution >= 0.6 is 0 Å². The molecule has 0 aliphatic rings. The molecule has 122 valence electrons. The Hall–Kier alpha value is -3.22. The van der Waals surface area contributed by atoms with Crippen molar-refractivity contribution in [2.45, 2.75) is 6.54 Å². The molecule has 2 aromatic carbocycles. The van der Waals surface area contributed by atoms with Crippen molar-refractivity contribution in [1.29, 1.82) is 0 Å². The normalized spacial score (nSPS) is 10.6. The second-order valence-electron chi connectivity index (χ2n) is 5.10. The average Bonchev–Trinajstić information content (AvgIpc) is 3.01. The number of methoxy groups -OCH3 is 1. The summed E-state index contributed by atoms with van der Waals surface area (Å²) >= 11 is 0. The van der Waals surface area contributed by atoms with Gasteiger partial charge in [0.2, 0.25) is 0 Å². The number of benzene rings is 2. The number of ether oxygens (including phenoxy) is 1. The maximum Gasteiger partial charge on any atom is 0.358 e. The van der Waals surface area contributed by atoms with E-state index < -0.39 is 5.97 Å². The quantitative estimate of drug-likeness (QED) is 0.780. The van der Waals surface area contributed by atoms with Gasteiger partial charge in [0.1, 0.15) is 17.3 Å². The first-order chi connectivity index (χ1) is 11.6. The van der Waals surface area contributed by atoms with Crippen LogP contribution in [0.4, 0.5) is 4.39 Å². The van der Waals surface area contributed by atoms with Gasteiger partial charge < -0.3 is 9.84 Å². The van der Waals surface area contributed by atoms with Crippen LogP contribution in [0.3, 0.4) is 0 Å². The fraction of sp³-hybridized carbons (Fsp3) is 0.118. The third-order valence-electron chi connectivity index (χ3n) is 3.55. The third-order valence-corrected chi connectivity index (χ3v) is 3.55. The minimum Gasteiger partial charge on any atom is -0.497 e. The lowest BCUT2D eigenvalue weighted by Gasteiger charge is -2.08. The van der Waals surface area contributed by atoms with Gasteiger partial charge in [-0.3, -0.25) is 0 Å². The molecule has 6 nitrogen and oxygen atoms in total. The van der Waals surface area contributed by atoms with Crippen LogP contribution in [0.15, 0.2) is 48.5 Å². The number of halogens is 1. The Labute approximate surface area is 137 Å². The van der Waals surface area contributed by atoms with Crippen LogP contribution in [0.5, 0.6) is 5.75 Å². The molecule has 0 radical (unpaired) electrons. The topological polar surface area (TPSA) is 77.2 Å². The number of carboxylic acid groups (broad SMARTS) is 1. The minimum absolute atomic E-state index is 0.137. The molecule has 0 aliphatic carbocycles. The lowest BCUT2D eigenvalue weighted by molar-refractivity contribution is 0.0691. The van der Waals surface area contributed by atoms with Gasteiger partial charge in [0.15, 0.2) is 5.69 Å². The van der Waals surface area contributed by atoms with Crippen LogP contribution < -0.4 is 4.74 Å². The van der Waals surface area contributed by atoms with Crippen molar-refractivity contribution in [3.8, 4) is 17.0 Å². The molecular formula is C17H14FN3O3. The molecule has 0 saturated heterocycles. The molecule has 24 heavy (non-hydrogen) atoms. The predicted molar refractivity (Wildman–Crippen MR) is 84.5 cm³/mol. The first kappa shape index (κ1) is 15.7. The molecule has 0 saturated carbocycles. The van der Waals surface area contributed by atoms with Crippen LogP contribution in [-0.2, 0) is 6.54 Å². The highest BCUT2D eigenvalue weighted by Gasteiger charge is 2.20. The molecule has 1 N–H and O–H groups in total. The van der Waals surface area contributed by atoms with Crippen LogP contribution in [-0.4, -0.2) is 33.2 Å². The van der Waals surface area contributed by atoms with Crippen molar-refractivity contribution in [3.05, 3.63) is 65.6 Å². The van der Waals surface area contributed by atoms with Crippen molar-refractivity contribution < 1.29 is 19.0 Å². The van der Waals surface area contributed by atoms with Gasteiger partial charge >= 0.3 is 5.97 Å². The van der Waals surface area contributed by atoms with E-state index in [4.69, 9.17) is 4.74 Å². The van der Waals surface area contributed by atoms with Gasteiger partial charge in [-0.1, -0.05) is 17.3 Å². The molecule has 7 heteroatoms. The molecule has 3 rings (SSSR count). The van der Waals surface area contributed by atoms with Crippen molar-refractivity contribution in [2.24, 2.45) is 0 Å². The lowest BCUT2D eigenvalue weighted by Crippen LogP contribution is -2.06. The molecule has 0 bridgehead atoms. The van der Waals surface area contributed by atoms with Gasteiger partial charge in [0.25, 0.3) is 0 Å². The highest BCUT2D eigenvalue weighted by molar-refractivity contribution is 5.92. The molecule has 1 heterocycles. The number of hydrogen-bond acceptors (Lipinski definition) is 4. The Balaban J connectivity index is 2.03. The number of hydrogen-bond donors (Lipinski definition) is 1. The van der Waals surface area contributed by atoms with Gasteiger partial charge in [0.05, 0.1) is 13.7 Å². The molecule has 0 atom stereocenters. The summed E-state index contributed by atoms with van der Waals surface area (Å²) in [6, 6.07) is 12.9. The van der Waals surface area contributed by atoms with E-state index in [9.17, 15) is 14.3 Å². The number of nitrogens with zero attached hydrogens (tertiary/aromatic N) is 3. The second-order valence-corrected chi connectivity index (χ2v) is 5.10. The third kappa shape index (κ3) is 3.10. The summed E-state index contributed by atoms with van der Waals surface area (Å²) in [5, 5.41) is 17.0. The second kappa shape index (κ2) is 6.49.